The second-order valence-corrected chi connectivity index (χ2v) is 6.68. The zero-order chi connectivity index (χ0) is 15.2. The molecule has 2 rings (SSSR count). The molecule has 2 aromatic rings. The second-order valence-electron chi connectivity index (χ2n) is 5.39. The monoisotopic (exact) mass is 304 g/mol. The van der Waals surface area contributed by atoms with Crippen molar-refractivity contribution in [3.8, 4) is 5.75 Å². The van der Waals surface area contributed by atoms with E-state index < -0.39 is 0 Å². The summed E-state index contributed by atoms with van der Waals surface area (Å²) in [7, 11) is 2.00. The Morgan fingerprint density at radius 1 is 1.29 bits per heavy atom. The summed E-state index contributed by atoms with van der Waals surface area (Å²) in [5.41, 5.74) is 2.38. The van der Waals surface area contributed by atoms with Crippen molar-refractivity contribution in [2.75, 3.05) is 13.7 Å². The van der Waals surface area contributed by atoms with Crippen molar-refractivity contribution in [2.45, 2.75) is 39.7 Å². The summed E-state index contributed by atoms with van der Waals surface area (Å²) in [6.45, 7) is 7.00. The molecule has 0 fully saturated rings. The fraction of sp³-hybridized carbons (Fsp3) is 0.471. The van der Waals surface area contributed by atoms with Crippen molar-refractivity contribution in [1.29, 1.82) is 0 Å². The topological polar surface area (TPSA) is 34.1 Å². The SMILES string of the molecule is CNC(CCOc1cccc(C)c1)Cc1nc(C)c(C)s1. The first-order chi connectivity index (χ1) is 10.1. The highest BCUT2D eigenvalue weighted by molar-refractivity contribution is 7.11. The minimum Gasteiger partial charge on any atom is -0.494 e. The number of benzene rings is 1. The summed E-state index contributed by atoms with van der Waals surface area (Å²) in [5, 5.41) is 4.57. The van der Waals surface area contributed by atoms with Gasteiger partial charge >= 0.3 is 0 Å². The minimum atomic E-state index is 0.403. The zero-order valence-corrected chi connectivity index (χ0v) is 14.1. The van der Waals surface area contributed by atoms with Crippen molar-refractivity contribution < 1.29 is 4.74 Å². The zero-order valence-electron chi connectivity index (χ0n) is 13.3. The van der Waals surface area contributed by atoms with E-state index in [0.717, 1.165) is 30.9 Å². The van der Waals surface area contributed by atoms with Crippen LogP contribution in [0, 0.1) is 20.8 Å². The smallest absolute Gasteiger partial charge is 0.119 e. The maximum Gasteiger partial charge on any atom is 0.119 e. The Kier molecular flexibility index (Phi) is 5.76. The first-order valence-electron chi connectivity index (χ1n) is 7.38. The summed E-state index contributed by atoms with van der Waals surface area (Å²) >= 11 is 1.80. The molecule has 1 N–H and O–H groups in total. The summed E-state index contributed by atoms with van der Waals surface area (Å²) in [6, 6.07) is 8.59. The average Bonchev–Trinajstić information content (AvgIpc) is 2.76. The van der Waals surface area contributed by atoms with E-state index in [1.165, 1.54) is 15.4 Å². The molecule has 0 aliphatic rings. The molecule has 0 radical (unpaired) electrons. The second kappa shape index (κ2) is 7.57. The highest BCUT2D eigenvalue weighted by Crippen LogP contribution is 2.19. The molecule has 1 heterocycles. The van der Waals surface area contributed by atoms with Crippen molar-refractivity contribution in [1.82, 2.24) is 10.3 Å². The third kappa shape index (κ3) is 4.83. The number of hydrogen-bond donors (Lipinski definition) is 1. The number of aryl methyl sites for hydroxylation is 3. The van der Waals surface area contributed by atoms with E-state index in [4.69, 9.17) is 4.74 Å². The third-order valence-corrected chi connectivity index (χ3v) is 4.72. The molecule has 0 saturated carbocycles. The molecule has 0 aliphatic carbocycles. The van der Waals surface area contributed by atoms with Gasteiger partial charge in [-0.15, -0.1) is 11.3 Å². The first kappa shape index (κ1) is 16.0. The van der Waals surface area contributed by atoms with Gasteiger partial charge in [0.15, 0.2) is 0 Å². The Hall–Kier alpha value is -1.39. The summed E-state index contributed by atoms with van der Waals surface area (Å²) < 4.78 is 5.83. The van der Waals surface area contributed by atoms with Crippen LogP contribution in [0.4, 0.5) is 0 Å². The molecule has 0 amide bonds. The predicted molar refractivity (Wildman–Crippen MR) is 89.4 cm³/mol. The fourth-order valence-corrected chi connectivity index (χ4v) is 3.22. The number of aromatic nitrogens is 1. The number of nitrogens with zero attached hydrogens (tertiary/aromatic N) is 1. The quantitative estimate of drug-likeness (QED) is 0.847. The molecule has 0 spiro atoms. The van der Waals surface area contributed by atoms with Crippen molar-refractivity contribution >= 4 is 11.3 Å². The van der Waals surface area contributed by atoms with Crippen LogP contribution in [0.25, 0.3) is 0 Å². The molecular weight excluding hydrogens is 280 g/mol. The number of thiazole rings is 1. The van der Waals surface area contributed by atoms with Gasteiger partial charge in [-0.25, -0.2) is 4.98 Å². The van der Waals surface area contributed by atoms with Crippen LogP contribution in [0.2, 0.25) is 0 Å². The maximum atomic E-state index is 5.83. The predicted octanol–water partition coefficient (Wildman–Crippen LogP) is 3.67. The van der Waals surface area contributed by atoms with Crippen LogP contribution < -0.4 is 10.1 Å². The Labute approximate surface area is 131 Å². The van der Waals surface area contributed by atoms with Gasteiger partial charge in [-0.2, -0.15) is 0 Å². The average molecular weight is 304 g/mol. The van der Waals surface area contributed by atoms with Gasteiger partial charge in [0.05, 0.1) is 17.3 Å². The summed E-state index contributed by atoms with van der Waals surface area (Å²) in [4.78, 5) is 5.93. The maximum absolute atomic E-state index is 5.83. The number of nitrogens with one attached hydrogen (secondary N) is 1. The molecule has 0 saturated heterocycles. The molecule has 1 atom stereocenters. The molecule has 1 aromatic carbocycles. The molecular formula is C17H24N2OS. The van der Waals surface area contributed by atoms with Gasteiger partial charge in [0, 0.05) is 17.3 Å². The number of rotatable bonds is 7. The standard InChI is InChI=1S/C17H24N2OS/c1-12-6-5-7-16(10-12)20-9-8-15(18-4)11-17-19-13(2)14(3)21-17/h5-7,10,15,18H,8-9,11H2,1-4H3. The van der Waals surface area contributed by atoms with E-state index >= 15 is 0 Å². The lowest BCUT2D eigenvalue weighted by Crippen LogP contribution is -2.29. The molecule has 114 valence electrons. The van der Waals surface area contributed by atoms with Crippen molar-refractivity contribution in [3.63, 3.8) is 0 Å². The lowest BCUT2D eigenvalue weighted by molar-refractivity contribution is 0.288. The van der Waals surface area contributed by atoms with Crippen LogP contribution >= 0.6 is 11.3 Å². The lowest BCUT2D eigenvalue weighted by Gasteiger charge is -2.15. The summed E-state index contributed by atoms with van der Waals surface area (Å²) in [6.07, 6.45) is 1.94. The highest BCUT2D eigenvalue weighted by Gasteiger charge is 2.11. The van der Waals surface area contributed by atoms with Gasteiger partial charge in [-0.05, 0) is 51.9 Å². The van der Waals surface area contributed by atoms with Crippen LogP contribution in [0.15, 0.2) is 24.3 Å². The van der Waals surface area contributed by atoms with Gasteiger partial charge in [0.25, 0.3) is 0 Å². The molecule has 1 aromatic heterocycles. The minimum absolute atomic E-state index is 0.403. The molecule has 1 unspecified atom stereocenters. The number of ether oxygens (including phenoxy) is 1. The molecule has 4 heteroatoms. The van der Waals surface area contributed by atoms with Crippen LogP contribution in [-0.2, 0) is 6.42 Å². The fourth-order valence-electron chi connectivity index (χ4n) is 2.21. The first-order valence-corrected chi connectivity index (χ1v) is 8.19. The van der Waals surface area contributed by atoms with E-state index in [1.807, 2.05) is 19.2 Å². The van der Waals surface area contributed by atoms with Gasteiger partial charge in [-0.3, -0.25) is 0 Å². The van der Waals surface area contributed by atoms with E-state index in [0.29, 0.717) is 6.04 Å². The van der Waals surface area contributed by atoms with Gasteiger partial charge in [0.1, 0.15) is 5.75 Å². The number of hydrogen-bond acceptors (Lipinski definition) is 4. The largest absolute Gasteiger partial charge is 0.494 e. The Bertz CT molecular complexity index is 560. The summed E-state index contributed by atoms with van der Waals surface area (Å²) in [5.74, 6) is 0.950. The number of likely N-dealkylation sites (N-methyl/N-ethyl adjacent to an activating group) is 1. The Morgan fingerprint density at radius 2 is 2.10 bits per heavy atom. The van der Waals surface area contributed by atoms with Gasteiger partial charge < -0.3 is 10.1 Å². The van der Waals surface area contributed by atoms with Crippen molar-refractivity contribution in [2.24, 2.45) is 0 Å². The van der Waals surface area contributed by atoms with Crippen LogP contribution in [0.3, 0.4) is 0 Å². The van der Waals surface area contributed by atoms with E-state index in [-0.39, 0.29) is 0 Å². The van der Waals surface area contributed by atoms with Crippen LogP contribution in [0.5, 0.6) is 5.75 Å². The highest BCUT2D eigenvalue weighted by atomic mass is 32.1. The van der Waals surface area contributed by atoms with Crippen molar-refractivity contribution in [3.05, 3.63) is 45.4 Å². The normalized spacial score (nSPS) is 12.4. The molecule has 3 nitrogen and oxygen atoms in total. The van der Waals surface area contributed by atoms with Crippen LogP contribution in [-0.4, -0.2) is 24.7 Å². The Morgan fingerprint density at radius 3 is 2.71 bits per heavy atom. The van der Waals surface area contributed by atoms with E-state index in [2.05, 4.69) is 43.2 Å². The van der Waals surface area contributed by atoms with Gasteiger partial charge in [0.2, 0.25) is 0 Å². The van der Waals surface area contributed by atoms with E-state index in [9.17, 15) is 0 Å². The van der Waals surface area contributed by atoms with E-state index in [1.54, 1.807) is 11.3 Å². The molecule has 0 bridgehead atoms. The molecule has 0 aliphatic heterocycles. The third-order valence-electron chi connectivity index (χ3n) is 3.63. The van der Waals surface area contributed by atoms with Crippen LogP contribution in [0.1, 0.15) is 27.6 Å². The lowest BCUT2D eigenvalue weighted by atomic mass is 10.1. The van der Waals surface area contributed by atoms with Gasteiger partial charge in [-0.1, -0.05) is 12.1 Å². The Balaban J connectivity index is 1.82. The molecule has 21 heavy (non-hydrogen) atoms.